The maximum absolute atomic E-state index is 11.5. The zero-order chi connectivity index (χ0) is 17.5. The van der Waals surface area contributed by atoms with Gasteiger partial charge in [-0.05, 0) is 65.0 Å². The predicted octanol–water partition coefficient (Wildman–Crippen LogP) is 4.96. The van der Waals surface area contributed by atoms with Crippen LogP contribution in [0, 0.1) is 11.3 Å². The molecule has 2 aliphatic rings. The maximum atomic E-state index is 11.5. The fraction of sp³-hybridized carbons (Fsp3) is 0.682. The van der Waals surface area contributed by atoms with E-state index in [2.05, 4.69) is 51.2 Å². The molecule has 3 rings (SSSR count). The molecule has 0 aliphatic heterocycles. The van der Waals surface area contributed by atoms with Crippen LogP contribution in [0.2, 0.25) is 0 Å². The summed E-state index contributed by atoms with van der Waals surface area (Å²) >= 11 is 0. The van der Waals surface area contributed by atoms with Gasteiger partial charge < -0.3 is 5.32 Å². The van der Waals surface area contributed by atoms with Gasteiger partial charge >= 0.3 is 0 Å². The van der Waals surface area contributed by atoms with E-state index in [4.69, 9.17) is 0 Å². The summed E-state index contributed by atoms with van der Waals surface area (Å²) in [5.74, 6) is 1.35. The van der Waals surface area contributed by atoms with Gasteiger partial charge in [0, 0.05) is 13.5 Å². The number of carbonyl (C=O) groups excluding carboxylic acids is 1. The van der Waals surface area contributed by atoms with Gasteiger partial charge in [-0.3, -0.25) is 4.79 Å². The van der Waals surface area contributed by atoms with Gasteiger partial charge in [0.15, 0.2) is 0 Å². The van der Waals surface area contributed by atoms with Gasteiger partial charge in [0.1, 0.15) is 0 Å². The molecule has 0 bridgehead atoms. The highest BCUT2D eigenvalue weighted by Crippen LogP contribution is 2.57. The van der Waals surface area contributed by atoms with E-state index in [9.17, 15) is 4.79 Å². The highest BCUT2D eigenvalue weighted by Gasteiger charge is 2.51. The highest BCUT2D eigenvalue weighted by molar-refractivity contribution is 5.72. The molecule has 0 heterocycles. The first kappa shape index (κ1) is 17.5. The normalized spacial score (nSPS) is 32.2. The van der Waals surface area contributed by atoms with Gasteiger partial charge in [0.05, 0.1) is 0 Å². The van der Waals surface area contributed by atoms with E-state index in [1.807, 2.05) is 0 Å². The van der Waals surface area contributed by atoms with Crippen molar-refractivity contribution in [1.29, 1.82) is 0 Å². The maximum Gasteiger partial charge on any atom is 0.216 e. The first-order chi connectivity index (χ1) is 11.3. The van der Waals surface area contributed by atoms with Crippen molar-refractivity contribution in [2.75, 3.05) is 6.54 Å². The van der Waals surface area contributed by atoms with Crippen LogP contribution in [0.1, 0.15) is 82.9 Å². The first-order valence-corrected chi connectivity index (χ1v) is 9.64. The van der Waals surface area contributed by atoms with Gasteiger partial charge in [-0.1, -0.05) is 52.3 Å². The third-order valence-corrected chi connectivity index (χ3v) is 6.91. The van der Waals surface area contributed by atoms with Crippen molar-refractivity contribution in [1.82, 2.24) is 5.32 Å². The van der Waals surface area contributed by atoms with E-state index < -0.39 is 0 Å². The Balaban J connectivity index is 1.95. The number of fused-ring (bicyclic) bond motifs is 3. The Morgan fingerprint density at radius 3 is 2.71 bits per heavy atom. The SMILES string of the molecule is CC(=O)NC[C@]1(C)CCC[C@]2(C)c3ccc(C(C)C)cc3CC[C@@H]12. The van der Waals surface area contributed by atoms with Crippen LogP contribution >= 0.6 is 0 Å². The molecule has 0 spiro atoms. The van der Waals surface area contributed by atoms with E-state index in [0.717, 1.165) is 6.54 Å². The molecule has 0 saturated heterocycles. The van der Waals surface area contributed by atoms with E-state index in [1.54, 1.807) is 18.1 Å². The van der Waals surface area contributed by atoms with Crippen molar-refractivity contribution in [2.45, 2.75) is 78.1 Å². The summed E-state index contributed by atoms with van der Waals surface area (Å²) < 4.78 is 0. The van der Waals surface area contributed by atoms with Crippen molar-refractivity contribution in [3.63, 3.8) is 0 Å². The molecule has 1 aromatic rings. The molecule has 2 aliphatic carbocycles. The minimum absolute atomic E-state index is 0.0984. The quantitative estimate of drug-likeness (QED) is 0.835. The second kappa shape index (κ2) is 6.20. The topological polar surface area (TPSA) is 29.1 Å². The number of aryl methyl sites for hydroxylation is 1. The lowest BCUT2D eigenvalue weighted by Gasteiger charge is -2.55. The van der Waals surface area contributed by atoms with Gasteiger partial charge in [-0.2, -0.15) is 0 Å². The molecule has 1 amide bonds. The van der Waals surface area contributed by atoms with Gasteiger partial charge in [0.25, 0.3) is 0 Å². The van der Waals surface area contributed by atoms with Crippen molar-refractivity contribution in [3.8, 4) is 0 Å². The summed E-state index contributed by atoms with van der Waals surface area (Å²) in [5.41, 5.74) is 5.09. The number of hydrogen-bond acceptors (Lipinski definition) is 1. The van der Waals surface area contributed by atoms with Crippen LogP contribution in [0.3, 0.4) is 0 Å². The van der Waals surface area contributed by atoms with Crippen LogP contribution < -0.4 is 5.32 Å². The Bertz CT molecular complexity index is 635. The summed E-state index contributed by atoms with van der Waals surface area (Å²) in [6, 6.07) is 7.22. The average Bonchev–Trinajstić information content (AvgIpc) is 2.52. The van der Waals surface area contributed by atoms with E-state index in [1.165, 1.54) is 37.7 Å². The number of benzene rings is 1. The average molecular weight is 328 g/mol. The molecule has 132 valence electrons. The first-order valence-electron chi connectivity index (χ1n) is 9.64. The summed E-state index contributed by atoms with van der Waals surface area (Å²) in [6.45, 7) is 11.9. The molecular formula is C22H33NO. The van der Waals surface area contributed by atoms with E-state index in [0.29, 0.717) is 11.8 Å². The largest absolute Gasteiger partial charge is 0.356 e. The number of carbonyl (C=O) groups is 1. The Kier molecular flexibility index (Phi) is 4.53. The Hall–Kier alpha value is -1.31. The van der Waals surface area contributed by atoms with Crippen LogP contribution in [0.4, 0.5) is 0 Å². The van der Waals surface area contributed by atoms with Crippen molar-refractivity contribution < 1.29 is 4.79 Å². The molecule has 3 atom stereocenters. The van der Waals surface area contributed by atoms with Crippen LogP contribution in [0.25, 0.3) is 0 Å². The predicted molar refractivity (Wildman–Crippen MR) is 100 cm³/mol. The number of rotatable bonds is 3. The van der Waals surface area contributed by atoms with Crippen molar-refractivity contribution >= 4 is 5.91 Å². The monoisotopic (exact) mass is 327 g/mol. The third-order valence-electron chi connectivity index (χ3n) is 6.91. The molecule has 1 saturated carbocycles. The number of hydrogen-bond donors (Lipinski definition) is 1. The number of nitrogens with one attached hydrogen (secondary N) is 1. The van der Waals surface area contributed by atoms with Crippen molar-refractivity contribution in [2.24, 2.45) is 11.3 Å². The van der Waals surface area contributed by atoms with E-state index in [-0.39, 0.29) is 16.7 Å². The Morgan fingerprint density at radius 1 is 1.29 bits per heavy atom. The molecule has 0 unspecified atom stereocenters. The van der Waals surface area contributed by atoms with Crippen LogP contribution in [-0.2, 0) is 16.6 Å². The number of amides is 1. The third kappa shape index (κ3) is 2.89. The molecule has 1 fully saturated rings. The van der Waals surface area contributed by atoms with Crippen LogP contribution in [-0.4, -0.2) is 12.5 Å². The van der Waals surface area contributed by atoms with Crippen molar-refractivity contribution in [3.05, 3.63) is 34.9 Å². The zero-order valence-electron chi connectivity index (χ0n) is 16.0. The minimum atomic E-state index is 0.0984. The molecule has 0 radical (unpaired) electrons. The Morgan fingerprint density at radius 2 is 2.04 bits per heavy atom. The molecular weight excluding hydrogens is 294 g/mol. The second-order valence-electron chi connectivity index (χ2n) is 9.00. The Labute approximate surface area is 147 Å². The smallest absolute Gasteiger partial charge is 0.216 e. The zero-order valence-corrected chi connectivity index (χ0v) is 16.0. The summed E-state index contributed by atoms with van der Waals surface area (Å²) in [6.07, 6.45) is 6.20. The van der Waals surface area contributed by atoms with Crippen LogP contribution in [0.5, 0.6) is 0 Å². The minimum Gasteiger partial charge on any atom is -0.356 e. The van der Waals surface area contributed by atoms with Gasteiger partial charge in [-0.25, -0.2) is 0 Å². The van der Waals surface area contributed by atoms with Gasteiger partial charge in [0.2, 0.25) is 5.91 Å². The van der Waals surface area contributed by atoms with Gasteiger partial charge in [-0.15, -0.1) is 0 Å². The van der Waals surface area contributed by atoms with E-state index >= 15 is 0 Å². The fourth-order valence-corrected chi connectivity index (χ4v) is 5.54. The molecule has 1 aromatic carbocycles. The lowest BCUT2D eigenvalue weighted by Crippen LogP contribution is -2.53. The fourth-order valence-electron chi connectivity index (χ4n) is 5.54. The molecule has 2 nitrogen and oxygen atoms in total. The lowest BCUT2D eigenvalue weighted by atomic mass is 9.49. The lowest BCUT2D eigenvalue weighted by molar-refractivity contribution is -0.120. The van der Waals surface area contributed by atoms with Crippen LogP contribution in [0.15, 0.2) is 18.2 Å². The summed E-state index contributed by atoms with van der Waals surface area (Å²) in [5, 5.41) is 3.12. The molecule has 24 heavy (non-hydrogen) atoms. The second-order valence-corrected chi connectivity index (χ2v) is 9.00. The standard InChI is InChI=1S/C22H33NO/c1-15(2)17-7-9-19-18(13-17)8-10-20-21(4,14-23-16(3)24)11-6-12-22(19,20)5/h7,9,13,15,20H,6,8,10-12,14H2,1-5H3,(H,23,24)/t20-,21-,22+/m0/s1. The summed E-state index contributed by atoms with van der Waals surface area (Å²) in [7, 11) is 0. The molecule has 1 N–H and O–H groups in total. The molecule has 2 heteroatoms. The highest BCUT2D eigenvalue weighted by atomic mass is 16.1. The molecule has 0 aromatic heterocycles. The summed E-state index contributed by atoms with van der Waals surface area (Å²) in [4.78, 5) is 11.5.